The molecule has 0 unspecified atom stereocenters. The predicted molar refractivity (Wildman–Crippen MR) is 83.9 cm³/mol. The number of rotatable bonds is 3. The van der Waals surface area contributed by atoms with Gasteiger partial charge in [-0.05, 0) is 48.6 Å². The highest BCUT2D eigenvalue weighted by Gasteiger charge is 2.08. The molecule has 0 bridgehead atoms. The highest BCUT2D eigenvalue weighted by atomic mass is 32.1. The number of hydrogen-bond donors (Lipinski definition) is 2. The van der Waals surface area contributed by atoms with Gasteiger partial charge < -0.3 is 5.11 Å². The predicted octanol–water partition coefficient (Wildman–Crippen LogP) is 3.33. The summed E-state index contributed by atoms with van der Waals surface area (Å²) >= 11 is 5.14. The average molecular weight is 314 g/mol. The van der Waals surface area contributed by atoms with Crippen LogP contribution in [-0.4, -0.2) is 26.2 Å². The van der Waals surface area contributed by atoms with Crippen LogP contribution in [0.1, 0.15) is 5.56 Å². The van der Waals surface area contributed by atoms with Gasteiger partial charge in [0.1, 0.15) is 11.6 Å². The number of nitrogens with one attached hydrogen (secondary N) is 1. The minimum absolute atomic E-state index is 0.115. The van der Waals surface area contributed by atoms with E-state index in [9.17, 15) is 9.50 Å². The number of benzene rings is 2. The van der Waals surface area contributed by atoms with Crippen LogP contribution in [0, 0.1) is 10.6 Å². The van der Waals surface area contributed by atoms with Gasteiger partial charge in [0.15, 0.2) is 5.82 Å². The lowest BCUT2D eigenvalue weighted by Gasteiger charge is -2.01. The van der Waals surface area contributed by atoms with Crippen LogP contribution >= 0.6 is 12.2 Å². The summed E-state index contributed by atoms with van der Waals surface area (Å²) in [7, 11) is 0. The van der Waals surface area contributed by atoms with Crippen LogP contribution in [0.25, 0.3) is 11.4 Å². The first-order valence-electron chi connectivity index (χ1n) is 6.41. The van der Waals surface area contributed by atoms with Crippen molar-refractivity contribution in [2.45, 2.75) is 0 Å². The average Bonchev–Trinajstić information content (AvgIpc) is 2.88. The molecule has 0 aliphatic carbocycles. The number of H-pyrrole nitrogens is 1. The first-order valence-corrected chi connectivity index (χ1v) is 6.81. The zero-order chi connectivity index (χ0) is 15.5. The molecule has 110 valence electrons. The van der Waals surface area contributed by atoms with E-state index < -0.39 is 0 Å². The second-order valence-corrected chi connectivity index (χ2v) is 4.86. The van der Waals surface area contributed by atoms with Crippen LogP contribution in [0.15, 0.2) is 53.6 Å². The zero-order valence-electron chi connectivity index (χ0n) is 11.3. The molecule has 0 saturated carbocycles. The highest BCUT2D eigenvalue weighted by Crippen LogP contribution is 2.18. The molecule has 3 aromatic rings. The molecule has 1 aromatic heterocycles. The van der Waals surface area contributed by atoms with Gasteiger partial charge in [0.2, 0.25) is 4.77 Å². The number of nitrogens with zero attached hydrogens (tertiary/aromatic N) is 3. The smallest absolute Gasteiger partial charge is 0.216 e. The number of phenolic OH excluding ortho intramolecular Hbond substituents is 1. The van der Waals surface area contributed by atoms with Crippen LogP contribution in [-0.2, 0) is 0 Å². The summed E-state index contributed by atoms with van der Waals surface area (Å²) in [6.45, 7) is 0. The molecule has 1 heterocycles. The number of aromatic nitrogens is 3. The highest BCUT2D eigenvalue weighted by molar-refractivity contribution is 7.71. The van der Waals surface area contributed by atoms with Crippen LogP contribution < -0.4 is 0 Å². The topological polar surface area (TPSA) is 66.2 Å². The van der Waals surface area contributed by atoms with Gasteiger partial charge >= 0.3 is 0 Å². The quantitative estimate of drug-likeness (QED) is 0.575. The fourth-order valence-electron chi connectivity index (χ4n) is 1.90. The van der Waals surface area contributed by atoms with E-state index in [4.69, 9.17) is 12.2 Å². The molecule has 0 atom stereocenters. The molecule has 0 spiro atoms. The lowest BCUT2D eigenvalue weighted by Crippen LogP contribution is -1.95. The van der Waals surface area contributed by atoms with Crippen molar-refractivity contribution in [2.75, 3.05) is 0 Å². The summed E-state index contributed by atoms with van der Waals surface area (Å²) in [5, 5.41) is 20.7. The van der Waals surface area contributed by atoms with E-state index in [2.05, 4.69) is 15.3 Å². The fraction of sp³-hybridized carbons (Fsp3) is 0. The number of aromatic amines is 1. The fourth-order valence-corrected chi connectivity index (χ4v) is 2.08. The lowest BCUT2D eigenvalue weighted by molar-refractivity contribution is 0.474. The minimum atomic E-state index is -0.331. The van der Waals surface area contributed by atoms with Gasteiger partial charge in [-0.15, -0.1) is 0 Å². The Morgan fingerprint density at radius 2 is 1.91 bits per heavy atom. The van der Waals surface area contributed by atoms with Gasteiger partial charge in [-0.2, -0.15) is 14.9 Å². The summed E-state index contributed by atoms with van der Waals surface area (Å²) in [5.74, 6) is 0.239. The molecule has 3 rings (SSSR count). The van der Waals surface area contributed by atoms with Crippen LogP contribution in [0.2, 0.25) is 0 Å². The maximum absolute atomic E-state index is 13.0. The maximum atomic E-state index is 13.0. The first kappa shape index (κ1) is 14.2. The third-order valence-corrected chi connectivity index (χ3v) is 3.27. The van der Waals surface area contributed by atoms with Crippen molar-refractivity contribution in [1.29, 1.82) is 0 Å². The van der Waals surface area contributed by atoms with Crippen molar-refractivity contribution in [3.63, 3.8) is 0 Å². The molecule has 2 aromatic carbocycles. The van der Waals surface area contributed by atoms with Gasteiger partial charge in [-0.25, -0.2) is 9.49 Å². The van der Waals surface area contributed by atoms with Crippen molar-refractivity contribution in [3.05, 3.63) is 64.7 Å². The second kappa shape index (κ2) is 5.90. The van der Waals surface area contributed by atoms with E-state index in [0.29, 0.717) is 21.7 Å². The number of phenols is 1. The summed E-state index contributed by atoms with van der Waals surface area (Å²) in [6.07, 6.45) is 1.48. The molecule has 0 radical (unpaired) electrons. The Morgan fingerprint density at radius 3 is 2.64 bits per heavy atom. The molecule has 0 amide bonds. The molecule has 0 aliphatic heterocycles. The van der Waals surface area contributed by atoms with Crippen LogP contribution in [0.3, 0.4) is 0 Å². The number of halogens is 1. The van der Waals surface area contributed by atoms with E-state index in [1.807, 2.05) is 0 Å². The molecule has 0 saturated heterocycles. The SMILES string of the molecule is Oc1ccccc1/C=N\n1c(-c2ccc(F)cc2)n[nH]c1=S. The van der Waals surface area contributed by atoms with Gasteiger partial charge in [0, 0.05) is 11.1 Å². The van der Waals surface area contributed by atoms with Gasteiger partial charge in [-0.3, -0.25) is 0 Å². The standard InChI is InChI=1S/C15H11FN4OS/c16-12-7-5-10(6-8-12)14-18-19-15(22)20(14)17-9-11-3-1-2-4-13(11)21/h1-9,21H,(H,19,22)/b17-9-. The Bertz CT molecular complexity index is 883. The number of para-hydroxylation sites is 1. The van der Waals surface area contributed by atoms with Crippen molar-refractivity contribution in [3.8, 4) is 17.1 Å². The Labute approximate surface area is 130 Å². The van der Waals surface area contributed by atoms with E-state index in [1.54, 1.807) is 36.4 Å². The number of aromatic hydroxyl groups is 1. The molecular weight excluding hydrogens is 303 g/mol. The normalized spacial score (nSPS) is 11.1. The van der Waals surface area contributed by atoms with Crippen LogP contribution in [0.4, 0.5) is 4.39 Å². The van der Waals surface area contributed by atoms with Gasteiger partial charge in [0.25, 0.3) is 0 Å². The third kappa shape index (κ3) is 2.79. The molecule has 0 fully saturated rings. The van der Waals surface area contributed by atoms with E-state index in [1.165, 1.54) is 23.0 Å². The molecule has 2 N–H and O–H groups in total. The van der Waals surface area contributed by atoms with Crippen molar-refractivity contribution in [1.82, 2.24) is 14.9 Å². The molecule has 5 nitrogen and oxygen atoms in total. The Morgan fingerprint density at radius 1 is 1.18 bits per heavy atom. The third-order valence-electron chi connectivity index (χ3n) is 3.00. The maximum Gasteiger partial charge on any atom is 0.216 e. The summed E-state index contributed by atoms with van der Waals surface area (Å²) in [6, 6.07) is 12.7. The molecule has 0 aliphatic rings. The minimum Gasteiger partial charge on any atom is -0.507 e. The Kier molecular flexibility index (Phi) is 3.80. The van der Waals surface area contributed by atoms with Gasteiger partial charge in [-0.1, -0.05) is 12.1 Å². The van der Waals surface area contributed by atoms with Crippen molar-refractivity contribution < 1.29 is 9.50 Å². The summed E-state index contributed by atoms with van der Waals surface area (Å²) < 4.78 is 14.7. The summed E-state index contributed by atoms with van der Waals surface area (Å²) in [5.41, 5.74) is 1.22. The summed E-state index contributed by atoms with van der Waals surface area (Å²) in [4.78, 5) is 0. The Hall–Kier alpha value is -2.80. The van der Waals surface area contributed by atoms with Crippen molar-refractivity contribution >= 4 is 18.4 Å². The van der Waals surface area contributed by atoms with Crippen LogP contribution in [0.5, 0.6) is 5.75 Å². The molecule has 7 heteroatoms. The van der Waals surface area contributed by atoms with Crippen molar-refractivity contribution in [2.24, 2.45) is 5.10 Å². The van der Waals surface area contributed by atoms with E-state index in [0.717, 1.165) is 0 Å². The second-order valence-electron chi connectivity index (χ2n) is 4.47. The first-order chi connectivity index (χ1) is 10.6. The molecular formula is C15H11FN4OS. The largest absolute Gasteiger partial charge is 0.507 e. The zero-order valence-corrected chi connectivity index (χ0v) is 12.1. The van der Waals surface area contributed by atoms with E-state index >= 15 is 0 Å². The number of hydrogen-bond acceptors (Lipinski definition) is 4. The van der Waals surface area contributed by atoms with Gasteiger partial charge in [0.05, 0.1) is 6.21 Å². The Balaban J connectivity index is 2.01. The monoisotopic (exact) mass is 314 g/mol. The lowest BCUT2D eigenvalue weighted by atomic mass is 10.2. The molecule has 22 heavy (non-hydrogen) atoms. The van der Waals surface area contributed by atoms with E-state index in [-0.39, 0.29) is 11.6 Å².